The molecule has 0 aliphatic heterocycles. The van der Waals surface area contributed by atoms with Gasteiger partial charge in [0.05, 0.1) is 6.54 Å². The minimum absolute atomic E-state index is 0.226. The molecule has 0 radical (unpaired) electrons. The summed E-state index contributed by atoms with van der Waals surface area (Å²) in [4.78, 5) is 37.8. The van der Waals surface area contributed by atoms with Crippen LogP contribution < -0.4 is 5.32 Å². The lowest BCUT2D eigenvalue weighted by atomic mass is 10.2. The summed E-state index contributed by atoms with van der Waals surface area (Å²) >= 11 is 1.29. The number of carbonyl (C=O) groups is 3. The predicted molar refractivity (Wildman–Crippen MR) is 105 cm³/mol. The maximum atomic E-state index is 12.9. The number of hydrogen-bond acceptors (Lipinski definition) is 5. The van der Waals surface area contributed by atoms with Gasteiger partial charge in [0, 0.05) is 17.4 Å². The first-order chi connectivity index (χ1) is 13.4. The number of benzene rings is 2. The second-order valence-corrected chi connectivity index (χ2v) is 7.11. The number of esters is 1. The van der Waals surface area contributed by atoms with Crippen molar-refractivity contribution >= 4 is 44.9 Å². The molecule has 144 valence electrons. The summed E-state index contributed by atoms with van der Waals surface area (Å²) in [5.74, 6) is -1.95. The molecule has 2 amide bonds. The molecule has 6 nitrogen and oxygen atoms in total. The Balaban J connectivity index is 1.48. The van der Waals surface area contributed by atoms with Crippen molar-refractivity contribution in [2.75, 3.05) is 25.5 Å². The van der Waals surface area contributed by atoms with E-state index in [9.17, 15) is 18.8 Å². The van der Waals surface area contributed by atoms with Crippen LogP contribution in [-0.2, 0) is 14.3 Å². The van der Waals surface area contributed by atoms with Gasteiger partial charge in [0.15, 0.2) is 6.61 Å². The molecule has 1 heterocycles. The monoisotopic (exact) mass is 400 g/mol. The van der Waals surface area contributed by atoms with Crippen molar-refractivity contribution < 1.29 is 23.5 Å². The number of anilines is 1. The lowest BCUT2D eigenvalue weighted by molar-refractivity contribution is -0.136. The van der Waals surface area contributed by atoms with E-state index in [0.717, 1.165) is 15.0 Å². The van der Waals surface area contributed by atoms with E-state index in [1.165, 1.54) is 42.6 Å². The van der Waals surface area contributed by atoms with Crippen molar-refractivity contribution in [2.45, 2.75) is 0 Å². The normalized spacial score (nSPS) is 10.5. The lowest BCUT2D eigenvalue weighted by Crippen LogP contribution is -2.37. The van der Waals surface area contributed by atoms with Gasteiger partial charge in [-0.05, 0) is 41.8 Å². The molecule has 3 rings (SSSR count). The zero-order valence-corrected chi connectivity index (χ0v) is 15.8. The molecule has 28 heavy (non-hydrogen) atoms. The van der Waals surface area contributed by atoms with Gasteiger partial charge in [-0.25, -0.2) is 9.18 Å². The number of amides is 2. The van der Waals surface area contributed by atoms with Crippen LogP contribution >= 0.6 is 11.3 Å². The number of likely N-dealkylation sites (N-methyl/N-ethyl adjacent to an activating group) is 1. The molecule has 0 aliphatic carbocycles. The summed E-state index contributed by atoms with van der Waals surface area (Å²) in [5, 5.41) is 3.49. The van der Waals surface area contributed by atoms with Crippen LogP contribution in [0.5, 0.6) is 0 Å². The summed E-state index contributed by atoms with van der Waals surface area (Å²) in [6.45, 7) is -0.690. The Hall–Kier alpha value is -3.26. The molecule has 8 heteroatoms. The number of carbonyl (C=O) groups excluding carboxylic acids is 3. The average molecular weight is 400 g/mol. The summed E-state index contributed by atoms with van der Waals surface area (Å²) < 4.78 is 18.9. The predicted octanol–water partition coefficient (Wildman–Crippen LogP) is 3.29. The zero-order chi connectivity index (χ0) is 20.1. The van der Waals surface area contributed by atoms with Crippen LogP contribution in [-0.4, -0.2) is 42.9 Å². The molecule has 0 bridgehead atoms. The van der Waals surface area contributed by atoms with E-state index >= 15 is 0 Å². The average Bonchev–Trinajstić information content (AvgIpc) is 3.12. The van der Waals surface area contributed by atoms with Gasteiger partial charge in [0.1, 0.15) is 10.7 Å². The van der Waals surface area contributed by atoms with Gasteiger partial charge in [-0.15, -0.1) is 11.3 Å². The van der Waals surface area contributed by atoms with Gasteiger partial charge in [0.25, 0.3) is 5.91 Å². The van der Waals surface area contributed by atoms with Crippen LogP contribution in [0.4, 0.5) is 10.1 Å². The maximum absolute atomic E-state index is 12.9. The zero-order valence-electron chi connectivity index (χ0n) is 15.0. The molecule has 3 aromatic rings. The van der Waals surface area contributed by atoms with Gasteiger partial charge < -0.3 is 15.0 Å². The lowest BCUT2D eigenvalue weighted by Gasteiger charge is -2.16. The van der Waals surface area contributed by atoms with Crippen molar-refractivity contribution in [1.29, 1.82) is 0 Å². The van der Waals surface area contributed by atoms with E-state index in [-0.39, 0.29) is 6.54 Å². The largest absolute Gasteiger partial charge is 0.451 e. The standard InChI is InChI=1S/C20H17FN2O4S/c1-23(11-18(24)22-15-8-6-14(21)7-9-15)19(25)12-27-20(26)17-10-13-4-2-3-5-16(13)28-17/h2-10H,11-12H2,1H3,(H,22,24). The molecule has 0 fully saturated rings. The fourth-order valence-electron chi connectivity index (χ4n) is 2.43. The highest BCUT2D eigenvalue weighted by molar-refractivity contribution is 7.20. The van der Waals surface area contributed by atoms with Gasteiger partial charge in [0.2, 0.25) is 5.91 Å². The molecule has 0 atom stereocenters. The third-order valence-corrected chi connectivity index (χ3v) is 4.98. The highest BCUT2D eigenvalue weighted by Gasteiger charge is 2.17. The van der Waals surface area contributed by atoms with E-state index in [4.69, 9.17) is 4.74 Å². The van der Waals surface area contributed by atoms with Crippen molar-refractivity contribution in [3.8, 4) is 0 Å². The molecule has 0 saturated carbocycles. The fraction of sp³-hybridized carbons (Fsp3) is 0.150. The summed E-state index contributed by atoms with van der Waals surface area (Å²) in [6.07, 6.45) is 0. The van der Waals surface area contributed by atoms with Crippen LogP contribution in [0.3, 0.4) is 0 Å². The number of ether oxygens (including phenoxy) is 1. The Bertz CT molecular complexity index is 983. The molecule has 0 unspecified atom stereocenters. The molecule has 1 N–H and O–H groups in total. The third kappa shape index (κ3) is 4.92. The number of halogens is 1. The molecule has 0 saturated heterocycles. The Morgan fingerprint density at radius 3 is 2.54 bits per heavy atom. The number of nitrogens with one attached hydrogen (secondary N) is 1. The number of hydrogen-bond donors (Lipinski definition) is 1. The number of rotatable bonds is 6. The summed E-state index contributed by atoms with van der Waals surface area (Å²) in [6, 6.07) is 14.5. The van der Waals surface area contributed by atoms with Crippen LogP contribution in [0.25, 0.3) is 10.1 Å². The van der Waals surface area contributed by atoms with E-state index in [1.807, 2.05) is 24.3 Å². The minimum Gasteiger partial charge on any atom is -0.451 e. The Morgan fingerprint density at radius 2 is 1.82 bits per heavy atom. The number of fused-ring (bicyclic) bond motifs is 1. The quantitative estimate of drug-likeness (QED) is 0.645. The second kappa shape index (κ2) is 8.62. The SMILES string of the molecule is CN(CC(=O)Nc1ccc(F)cc1)C(=O)COC(=O)c1cc2ccccc2s1. The first-order valence-electron chi connectivity index (χ1n) is 8.37. The molecular formula is C20H17FN2O4S. The van der Waals surface area contributed by atoms with Crippen molar-refractivity contribution in [1.82, 2.24) is 4.90 Å². The number of thiophene rings is 1. The van der Waals surface area contributed by atoms with Crippen LogP contribution in [0, 0.1) is 5.82 Å². The Kier molecular flexibility index (Phi) is 6.00. The van der Waals surface area contributed by atoms with E-state index in [0.29, 0.717) is 10.6 Å². The number of nitrogens with zero attached hydrogens (tertiary/aromatic N) is 1. The van der Waals surface area contributed by atoms with Crippen molar-refractivity contribution in [2.24, 2.45) is 0 Å². The first kappa shape index (κ1) is 19.5. The van der Waals surface area contributed by atoms with Gasteiger partial charge in [-0.2, -0.15) is 0 Å². The molecule has 0 spiro atoms. The van der Waals surface area contributed by atoms with E-state index in [2.05, 4.69) is 5.32 Å². The highest BCUT2D eigenvalue weighted by atomic mass is 32.1. The van der Waals surface area contributed by atoms with Crippen LogP contribution in [0.2, 0.25) is 0 Å². The second-order valence-electron chi connectivity index (χ2n) is 6.03. The first-order valence-corrected chi connectivity index (χ1v) is 9.19. The van der Waals surface area contributed by atoms with Crippen molar-refractivity contribution in [3.63, 3.8) is 0 Å². The maximum Gasteiger partial charge on any atom is 0.348 e. The smallest absolute Gasteiger partial charge is 0.348 e. The van der Waals surface area contributed by atoms with Gasteiger partial charge >= 0.3 is 5.97 Å². The topological polar surface area (TPSA) is 75.7 Å². The highest BCUT2D eigenvalue weighted by Crippen LogP contribution is 2.25. The Morgan fingerprint density at radius 1 is 1.11 bits per heavy atom. The molecular weight excluding hydrogens is 383 g/mol. The van der Waals surface area contributed by atoms with Gasteiger partial charge in [-0.1, -0.05) is 18.2 Å². The summed E-state index contributed by atoms with van der Waals surface area (Å²) in [7, 11) is 1.43. The molecule has 0 aliphatic rings. The fourth-order valence-corrected chi connectivity index (χ4v) is 3.38. The van der Waals surface area contributed by atoms with E-state index in [1.54, 1.807) is 6.07 Å². The van der Waals surface area contributed by atoms with Gasteiger partial charge in [-0.3, -0.25) is 9.59 Å². The summed E-state index contributed by atoms with van der Waals surface area (Å²) in [5.41, 5.74) is 0.420. The van der Waals surface area contributed by atoms with Crippen LogP contribution in [0.15, 0.2) is 54.6 Å². The molecule has 1 aromatic heterocycles. The van der Waals surface area contributed by atoms with E-state index < -0.39 is 30.2 Å². The van der Waals surface area contributed by atoms with Crippen molar-refractivity contribution in [3.05, 3.63) is 65.3 Å². The van der Waals surface area contributed by atoms with Crippen LogP contribution in [0.1, 0.15) is 9.67 Å². The Labute approximate surface area is 164 Å². The molecule has 2 aromatic carbocycles. The minimum atomic E-state index is -0.585. The third-order valence-electron chi connectivity index (χ3n) is 3.89.